The second-order valence-corrected chi connectivity index (χ2v) is 4.67. The number of aliphatic imine (C=N–C) groups is 2. The predicted octanol–water partition coefficient (Wildman–Crippen LogP) is 4.21. The Bertz CT molecular complexity index is 422. The molecule has 1 aromatic carbocycles. The molecule has 2 nitrogen and oxygen atoms in total. The SMILES string of the molecule is C(=NCC=Cc1ccccc1)=NC1CCCCC1. The molecular formula is C16H20N2. The average Bonchev–Trinajstić information content (AvgIpc) is 2.45. The highest BCUT2D eigenvalue weighted by atomic mass is 14.8. The van der Waals surface area contributed by atoms with E-state index in [0.717, 1.165) is 0 Å². The lowest BCUT2D eigenvalue weighted by molar-refractivity contribution is 0.444. The molecule has 0 bridgehead atoms. The number of nitrogens with zero attached hydrogens (tertiary/aromatic N) is 2. The van der Waals surface area contributed by atoms with Gasteiger partial charge in [-0.1, -0.05) is 61.7 Å². The third-order valence-corrected chi connectivity index (χ3v) is 3.19. The molecule has 0 saturated heterocycles. The molecule has 1 aromatic rings. The molecule has 1 saturated carbocycles. The smallest absolute Gasteiger partial charge is 0.0898 e. The predicted molar refractivity (Wildman–Crippen MR) is 77.1 cm³/mol. The van der Waals surface area contributed by atoms with Gasteiger partial charge in [-0.2, -0.15) is 0 Å². The van der Waals surface area contributed by atoms with Gasteiger partial charge in [-0.05, 0) is 18.4 Å². The van der Waals surface area contributed by atoms with E-state index in [-0.39, 0.29) is 0 Å². The van der Waals surface area contributed by atoms with Gasteiger partial charge in [0, 0.05) is 0 Å². The highest BCUT2D eigenvalue weighted by Crippen LogP contribution is 2.19. The Balaban J connectivity index is 1.74. The maximum atomic E-state index is 4.38. The lowest BCUT2D eigenvalue weighted by Crippen LogP contribution is -2.08. The first-order valence-electron chi connectivity index (χ1n) is 6.78. The minimum absolute atomic E-state index is 0.473. The highest BCUT2D eigenvalue weighted by molar-refractivity contribution is 5.49. The van der Waals surface area contributed by atoms with Crippen LogP contribution in [0.5, 0.6) is 0 Å². The molecule has 0 spiro atoms. The van der Waals surface area contributed by atoms with E-state index in [1.165, 1.54) is 37.7 Å². The second kappa shape index (κ2) is 7.62. The van der Waals surface area contributed by atoms with E-state index in [0.29, 0.717) is 12.6 Å². The van der Waals surface area contributed by atoms with Gasteiger partial charge in [0.15, 0.2) is 0 Å². The summed E-state index contributed by atoms with van der Waals surface area (Å²) in [5.74, 6) is 0. The van der Waals surface area contributed by atoms with Gasteiger partial charge < -0.3 is 0 Å². The van der Waals surface area contributed by atoms with Crippen LogP contribution in [0, 0.1) is 0 Å². The van der Waals surface area contributed by atoms with E-state index in [1.54, 1.807) is 0 Å². The molecule has 0 heterocycles. The van der Waals surface area contributed by atoms with E-state index in [9.17, 15) is 0 Å². The number of hydrogen-bond acceptors (Lipinski definition) is 2. The Kier molecular flexibility index (Phi) is 5.42. The summed E-state index contributed by atoms with van der Waals surface area (Å²) in [7, 11) is 0. The van der Waals surface area contributed by atoms with Gasteiger partial charge in [0.1, 0.15) is 0 Å². The standard InChI is InChI=1S/C16H20N2/c1-3-8-15(9-4-1)10-7-13-17-14-18-16-11-5-2-6-12-16/h1,3-4,7-10,16H,2,5-6,11-13H2. The van der Waals surface area contributed by atoms with Crippen LogP contribution in [0.15, 0.2) is 46.4 Å². The molecule has 0 amide bonds. The zero-order valence-electron chi connectivity index (χ0n) is 10.8. The maximum Gasteiger partial charge on any atom is 0.0898 e. The van der Waals surface area contributed by atoms with Crippen LogP contribution in [0.1, 0.15) is 37.7 Å². The summed E-state index contributed by atoms with van der Waals surface area (Å²) in [6.45, 7) is 0.658. The fourth-order valence-electron chi connectivity index (χ4n) is 2.18. The Labute approximate surface area is 109 Å². The summed E-state index contributed by atoms with van der Waals surface area (Å²) in [5.41, 5.74) is 1.21. The van der Waals surface area contributed by atoms with Crippen LogP contribution in [0.4, 0.5) is 0 Å². The molecule has 94 valence electrons. The van der Waals surface area contributed by atoms with Crippen LogP contribution in [0.3, 0.4) is 0 Å². The largest absolute Gasteiger partial charge is 0.222 e. The van der Waals surface area contributed by atoms with Crippen molar-refractivity contribution in [1.29, 1.82) is 0 Å². The molecule has 0 N–H and O–H groups in total. The van der Waals surface area contributed by atoms with Crippen molar-refractivity contribution in [2.24, 2.45) is 9.98 Å². The summed E-state index contributed by atoms with van der Waals surface area (Å²) in [5, 5.41) is 0. The second-order valence-electron chi connectivity index (χ2n) is 4.67. The summed E-state index contributed by atoms with van der Waals surface area (Å²) in [6.07, 6.45) is 10.5. The summed E-state index contributed by atoms with van der Waals surface area (Å²) in [4.78, 5) is 8.55. The Hall–Kier alpha value is -1.66. The summed E-state index contributed by atoms with van der Waals surface area (Å²) in [6, 6.07) is 13.6. The van der Waals surface area contributed by atoms with Crippen LogP contribution in [0.25, 0.3) is 6.08 Å². The first-order chi connectivity index (χ1) is 8.95. The van der Waals surface area contributed by atoms with Gasteiger partial charge in [0.2, 0.25) is 0 Å². The Morgan fingerprint density at radius 3 is 2.67 bits per heavy atom. The summed E-state index contributed by atoms with van der Waals surface area (Å²) < 4.78 is 0. The van der Waals surface area contributed by atoms with Crippen molar-refractivity contribution < 1.29 is 0 Å². The maximum absolute atomic E-state index is 4.38. The lowest BCUT2D eigenvalue weighted by Gasteiger charge is -2.15. The topological polar surface area (TPSA) is 24.7 Å². The van der Waals surface area contributed by atoms with Gasteiger partial charge in [0.25, 0.3) is 0 Å². The number of hydrogen-bond donors (Lipinski definition) is 0. The van der Waals surface area contributed by atoms with Gasteiger partial charge in [-0.3, -0.25) is 0 Å². The molecule has 1 aliphatic carbocycles. The van der Waals surface area contributed by atoms with Crippen LogP contribution < -0.4 is 0 Å². The van der Waals surface area contributed by atoms with E-state index < -0.39 is 0 Å². The molecule has 0 aromatic heterocycles. The quantitative estimate of drug-likeness (QED) is 0.704. The van der Waals surface area contributed by atoms with Crippen LogP contribution in [-0.4, -0.2) is 18.6 Å². The molecule has 1 fully saturated rings. The fraction of sp³-hybridized carbons (Fsp3) is 0.438. The Morgan fingerprint density at radius 2 is 1.89 bits per heavy atom. The molecule has 0 radical (unpaired) electrons. The fourth-order valence-corrected chi connectivity index (χ4v) is 2.18. The molecule has 18 heavy (non-hydrogen) atoms. The van der Waals surface area contributed by atoms with Crippen molar-refractivity contribution in [3.8, 4) is 0 Å². The number of rotatable bonds is 4. The molecule has 1 aliphatic rings. The van der Waals surface area contributed by atoms with E-state index in [2.05, 4.69) is 34.2 Å². The monoisotopic (exact) mass is 240 g/mol. The molecule has 0 atom stereocenters. The molecule has 0 unspecified atom stereocenters. The van der Waals surface area contributed by atoms with Crippen molar-refractivity contribution >= 4 is 12.1 Å². The molecule has 0 aliphatic heterocycles. The van der Waals surface area contributed by atoms with Crippen molar-refractivity contribution in [1.82, 2.24) is 0 Å². The number of benzene rings is 1. The lowest BCUT2D eigenvalue weighted by atomic mass is 9.96. The summed E-state index contributed by atoms with van der Waals surface area (Å²) >= 11 is 0. The van der Waals surface area contributed by atoms with Crippen molar-refractivity contribution in [2.75, 3.05) is 6.54 Å². The average molecular weight is 240 g/mol. The Morgan fingerprint density at radius 1 is 1.11 bits per heavy atom. The van der Waals surface area contributed by atoms with Gasteiger partial charge >= 0.3 is 0 Å². The minimum Gasteiger partial charge on any atom is -0.222 e. The van der Waals surface area contributed by atoms with Crippen molar-refractivity contribution in [3.63, 3.8) is 0 Å². The third kappa shape index (κ3) is 4.68. The minimum atomic E-state index is 0.473. The van der Waals surface area contributed by atoms with Crippen LogP contribution >= 0.6 is 0 Å². The van der Waals surface area contributed by atoms with E-state index >= 15 is 0 Å². The van der Waals surface area contributed by atoms with Crippen molar-refractivity contribution in [2.45, 2.75) is 38.1 Å². The zero-order valence-corrected chi connectivity index (χ0v) is 10.8. The zero-order chi connectivity index (χ0) is 12.5. The van der Waals surface area contributed by atoms with Gasteiger partial charge in [-0.15, -0.1) is 0 Å². The van der Waals surface area contributed by atoms with Gasteiger partial charge in [0.05, 0.1) is 18.6 Å². The normalized spacial score (nSPS) is 16.4. The molecule has 2 rings (SSSR count). The third-order valence-electron chi connectivity index (χ3n) is 3.19. The molecular weight excluding hydrogens is 220 g/mol. The molecule has 2 heteroatoms. The van der Waals surface area contributed by atoms with E-state index in [1.807, 2.05) is 24.3 Å². The first kappa shape index (κ1) is 12.8. The van der Waals surface area contributed by atoms with E-state index in [4.69, 9.17) is 0 Å². The van der Waals surface area contributed by atoms with Gasteiger partial charge in [-0.25, -0.2) is 9.98 Å². The van der Waals surface area contributed by atoms with Crippen LogP contribution in [0.2, 0.25) is 0 Å². The van der Waals surface area contributed by atoms with Crippen LogP contribution in [-0.2, 0) is 0 Å². The van der Waals surface area contributed by atoms with Crippen molar-refractivity contribution in [3.05, 3.63) is 42.0 Å². The highest BCUT2D eigenvalue weighted by Gasteiger charge is 2.10. The first-order valence-corrected chi connectivity index (χ1v) is 6.78.